The van der Waals surface area contributed by atoms with Crippen LogP contribution in [0.4, 0.5) is 5.69 Å². The molecule has 0 bridgehead atoms. The van der Waals surface area contributed by atoms with Gasteiger partial charge in [-0.05, 0) is 42.0 Å². The Morgan fingerprint density at radius 2 is 1.92 bits per heavy atom. The van der Waals surface area contributed by atoms with Gasteiger partial charge >= 0.3 is 17.8 Å². The quantitative estimate of drug-likeness (QED) is 0.420. The number of benzene rings is 2. The van der Waals surface area contributed by atoms with Crippen molar-refractivity contribution >= 4 is 41.3 Å². The maximum atomic E-state index is 11.8. The summed E-state index contributed by atoms with van der Waals surface area (Å²) in [5, 5.41) is 15.5. The number of ether oxygens (including phenoxy) is 1. The molecular formula is C17H14ClN3O5. The molecular weight excluding hydrogens is 362 g/mol. The second-order valence-corrected chi connectivity index (χ2v) is 5.36. The Kier molecular flexibility index (Phi) is 6.29. The van der Waals surface area contributed by atoms with Crippen molar-refractivity contribution in [3.8, 4) is 5.75 Å². The first-order valence-corrected chi connectivity index (χ1v) is 7.60. The second kappa shape index (κ2) is 8.63. The topological polar surface area (TPSA) is 117 Å². The Morgan fingerprint density at radius 3 is 2.58 bits per heavy atom. The number of nitrogens with zero attached hydrogens (tertiary/aromatic N) is 1. The number of carbonyl (C=O) groups excluding carboxylic acids is 2. The fourth-order valence-electron chi connectivity index (χ4n) is 1.94. The molecule has 2 aromatic rings. The summed E-state index contributed by atoms with van der Waals surface area (Å²) in [6, 6.07) is 10.6. The molecule has 2 aromatic carbocycles. The van der Waals surface area contributed by atoms with E-state index in [4.69, 9.17) is 21.4 Å². The summed E-state index contributed by atoms with van der Waals surface area (Å²) in [6.07, 6.45) is 1.20. The lowest BCUT2D eigenvalue weighted by Gasteiger charge is -2.05. The van der Waals surface area contributed by atoms with Gasteiger partial charge in [-0.3, -0.25) is 9.59 Å². The first kappa shape index (κ1) is 18.9. The zero-order chi connectivity index (χ0) is 19.1. The standard InChI is InChI=1S/C17H14ClN3O5/c1-26-14-6-5-10(7-13(14)17(24)25)9-19-21-16(23)15(22)20-12-4-2-3-11(18)8-12/h2-9H,1H3,(H,20,22)(H,21,23)(H,24,25)/b19-9-. The van der Waals surface area contributed by atoms with Crippen LogP contribution in [-0.4, -0.2) is 36.2 Å². The number of nitrogens with one attached hydrogen (secondary N) is 2. The summed E-state index contributed by atoms with van der Waals surface area (Å²) < 4.78 is 4.94. The third kappa shape index (κ3) is 5.05. The molecule has 0 aliphatic heterocycles. The molecule has 0 radical (unpaired) electrons. The van der Waals surface area contributed by atoms with Crippen molar-refractivity contribution in [2.24, 2.45) is 5.10 Å². The number of carbonyl (C=O) groups is 3. The second-order valence-electron chi connectivity index (χ2n) is 4.93. The third-order valence-corrected chi connectivity index (χ3v) is 3.36. The molecule has 2 rings (SSSR count). The lowest BCUT2D eigenvalue weighted by molar-refractivity contribution is -0.136. The van der Waals surface area contributed by atoms with E-state index >= 15 is 0 Å². The Bertz CT molecular complexity index is 882. The minimum absolute atomic E-state index is 0.0542. The number of carboxylic acids is 1. The van der Waals surface area contributed by atoms with Crippen molar-refractivity contribution in [1.29, 1.82) is 0 Å². The van der Waals surface area contributed by atoms with Gasteiger partial charge in [0.1, 0.15) is 11.3 Å². The largest absolute Gasteiger partial charge is 0.496 e. The van der Waals surface area contributed by atoms with E-state index in [0.717, 1.165) is 0 Å². The van der Waals surface area contributed by atoms with E-state index < -0.39 is 17.8 Å². The predicted octanol–water partition coefficient (Wildman–Crippen LogP) is 2.14. The van der Waals surface area contributed by atoms with Gasteiger partial charge in [0.05, 0.1) is 13.3 Å². The lowest BCUT2D eigenvalue weighted by atomic mass is 10.1. The van der Waals surface area contributed by atoms with Gasteiger partial charge in [-0.25, -0.2) is 10.2 Å². The summed E-state index contributed by atoms with van der Waals surface area (Å²) in [6.45, 7) is 0. The van der Waals surface area contributed by atoms with Gasteiger partial charge in [0.15, 0.2) is 0 Å². The van der Waals surface area contributed by atoms with E-state index in [1.165, 1.54) is 31.5 Å². The summed E-state index contributed by atoms with van der Waals surface area (Å²) in [5.41, 5.74) is 2.76. The van der Waals surface area contributed by atoms with Gasteiger partial charge in [-0.15, -0.1) is 0 Å². The van der Waals surface area contributed by atoms with Gasteiger partial charge in [-0.2, -0.15) is 5.10 Å². The zero-order valence-electron chi connectivity index (χ0n) is 13.5. The van der Waals surface area contributed by atoms with Crippen LogP contribution in [0.5, 0.6) is 5.75 Å². The molecule has 0 saturated heterocycles. The van der Waals surface area contributed by atoms with Gasteiger partial charge in [0.2, 0.25) is 0 Å². The summed E-state index contributed by atoms with van der Waals surface area (Å²) in [4.78, 5) is 34.6. The Labute approximate surface area is 153 Å². The van der Waals surface area contributed by atoms with Crippen molar-refractivity contribution in [3.05, 3.63) is 58.6 Å². The Balaban J connectivity index is 1.99. The van der Waals surface area contributed by atoms with E-state index in [9.17, 15) is 14.4 Å². The van der Waals surface area contributed by atoms with Crippen molar-refractivity contribution in [2.45, 2.75) is 0 Å². The molecule has 26 heavy (non-hydrogen) atoms. The van der Waals surface area contributed by atoms with Crippen LogP contribution in [0.3, 0.4) is 0 Å². The van der Waals surface area contributed by atoms with E-state index in [-0.39, 0.29) is 11.3 Å². The summed E-state index contributed by atoms with van der Waals surface area (Å²) in [7, 11) is 1.36. The Morgan fingerprint density at radius 1 is 1.15 bits per heavy atom. The molecule has 0 spiro atoms. The number of anilines is 1. The number of methoxy groups -OCH3 is 1. The number of halogens is 1. The van der Waals surface area contributed by atoms with Crippen LogP contribution in [0, 0.1) is 0 Å². The van der Waals surface area contributed by atoms with E-state index in [0.29, 0.717) is 16.3 Å². The van der Waals surface area contributed by atoms with Gasteiger partial charge in [-0.1, -0.05) is 17.7 Å². The van der Waals surface area contributed by atoms with Crippen molar-refractivity contribution in [3.63, 3.8) is 0 Å². The average molecular weight is 376 g/mol. The van der Waals surface area contributed by atoms with Crippen LogP contribution in [0.25, 0.3) is 0 Å². The number of rotatable bonds is 5. The van der Waals surface area contributed by atoms with Gasteiger partial charge in [0.25, 0.3) is 0 Å². The van der Waals surface area contributed by atoms with Gasteiger partial charge < -0.3 is 15.2 Å². The molecule has 134 valence electrons. The minimum atomic E-state index is -1.16. The highest BCUT2D eigenvalue weighted by molar-refractivity contribution is 6.39. The van der Waals surface area contributed by atoms with Crippen LogP contribution in [0.2, 0.25) is 5.02 Å². The zero-order valence-corrected chi connectivity index (χ0v) is 14.3. The molecule has 0 aliphatic carbocycles. The van der Waals surface area contributed by atoms with Crippen LogP contribution in [-0.2, 0) is 9.59 Å². The summed E-state index contributed by atoms with van der Waals surface area (Å²) >= 11 is 5.79. The highest BCUT2D eigenvalue weighted by Gasteiger charge is 2.13. The first-order valence-electron chi connectivity index (χ1n) is 7.22. The highest BCUT2D eigenvalue weighted by atomic mass is 35.5. The molecule has 0 saturated carbocycles. The number of carboxylic acid groups (broad SMARTS) is 1. The van der Waals surface area contributed by atoms with Crippen LogP contribution in [0.15, 0.2) is 47.6 Å². The molecule has 0 unspecified atom stereocenters. The van der Waals surface area contributed by atoms with E-state index in [2.05, 4.69) is 10.4 Å². The van der Waals surface area contributed by atoms with Crippen LogP contribution in [0.1, 0.15) is 15.9 Å². The molecule has 9 heteroatoms. The maximum absolute atomic E-state index is 11.8. The van der Waals surface area contributed by atoms with Crippen molar-refractivity contribution in [1.82, 2.24) is 5.43 Å². The van der Waals surface area contributed by atoms with Crippen molar-refractivity contribution < 1.29 is 24.2 Å². The average Bonchev–Trinajstić information content (AvgIpc) is 2.61. The SMILES string of the molecule is COc1ccc(/C=N\NC(=O)C(=O)Nc2cccc(Cl)c2)cc1C(=O)O. The number of hydrogen-bond acceptors (Lipinski definition) is 5. The maximum Gasteiger partial charge on any atom is 0.339 e. The number of amides is 2. The molecule has 0 heterocycles. The fraction of sp³-hybridized carbons (Fsp3) is 0.0588. The predicted molar refractivity (Wildman–Crippen MR) is 95.8 cm³/mol. The number of hydrazone groups is 1. The lowest BCUT2D eigenvalue weighted by Crippen LogP contribution is -2.32. The minimum Gasteiger partial charge on any atom is -0.496 e. The van der Waals surface area contributed by atoms with E-state index in [1.54, 1.807) is 24.3 Å². The smallest absolute Gasteiger partial charge is 0.339 e. The Hall–Kier alpha value is -3.39. The number of hydrogen-bond donors (Lipinski definition) is 3. The van der Waals surface area contributed by atoms with E-state index in [1.807, 2.05) is 5.43 Å². The molecule has 0 fully saturated rings. The van der Waals surface area contributed by atoms with Gasteiger partial charge in [0, 0.05) is 10.7 Å². The monoisotopic (exact) mass is 375 g/mol. The molecule has 2 amide bonds. The fourth-order valence-corrected chi connectivity index (χ4v) is 2.13. The number of aromatic carboxylic acids is 1. The normalized spacial score (nSPS) is 10.4. The molecule has 0 atom stereocenters. The molecule has 8 nitrogen and oxygen atoms in total. The first-order chi connectivity index (χ1) is 12.4. The van der Waals surface area contributed by atoms with Crippen molar-refractivity contribution in [2.75, 3.05) is 12.4 Å². The molecule has 3 N–H and O–H groups in total. The van der Waals surface area contributed by atoms with Crippen LogP contribution >= 0.6 is 11.6 Å². The highest BCUT2D eigenvalue weighted by Crippen LogP contribution is 2.19. The molecule has 0 aliphatic rings. The summed E-state index contributed by atoms with van der Waals surface area (Å²) in [5.74, 6) is -2.89. The molecule has 0 aromatic heterocycles. The third-order valence-electron chi connectivity index (χ3n) is 3.12. The van der Waals surface area contributed by atoms with Crippen LogP contribution < -0.4 is 15.5 Å².